The van der Waals surface area contributed by atoms with E-state index in [4.69, 9.17) is 16.3 Å². The molecule has 138 valence electrons. The number of nitrogens with zero attached hydrogens (tertiary/aromatic N) is 2. The summed E-state index contributed by atoms with van der Waals surface area (Å²) in [5.41, 5.74) is 1.71. The maximum absolute atomic E-state index is 12.4. The summed E-state index contributed by atoms with van der Waals surface area (Å²) < 4.78 is 6.51. The molecule has 1 N–H and O–H groups in total. The van der Waals surface area contributed by atoms with Crippen LogP contribution in [0.25, 0.3) is 11.3 Å². The lowest BCUT2D eigenvalue weighted by atomic mass is 10.1. The Kier molecular flexibility index (Phi) is 5.88. The molecule has 0 fully saturated rings. The quantitative estimate of drug-likeness (QED) is 0.710. The molecule has 1 aromatic heterocycles. The number of methoxy groups -OCH3 is 1. The van der Waals surface area contributed by atoms with E-state index in [1.165, 1.54) is 23.9 Å². The Morgan fingerprint density at radius 1 is 1.15 bits per heavy atom. The average molecular weight is 384 g/mol. The molecule has 27 heavy (non-hydrogen) atoms. The first kappa shape index (κ1) is 18.7. The van der Waals surface area contributed by atoms with Gasteiger partial charge in [0.2, 0.25) is 0 Å². The molecule has 0 aliphatic heterocycles. The fraction of sp³-hybridized carbons (Fsp3) is 0.150. The van der Waals surface area contributed by atoms with E-state index < -0.39 is 0 Å². The van der Waals surface area contributed by atoms with Gasteiger partial charge >= 0.3 is 0 Å². The second-order valence-electron chi connectivity index (χ2n) is 5.75. The summed E-state index contributed by atoms with van der Waals surface area (Å²) in [6, 6.07) is 17.5. The van der Waals surface area contributed by atoms with Gasteiger partial charge in [-0.15, -0.1) is 0 Å². The molecule has 6 nitrogen and oxygen atoms in total. The van der Waals surface area contributed by atoms with Crippen molar-refractivity contribution in [1.29, 1.82) is 0 Å². The normalized spacial score (nSPS) is 10.4. The standard InChI is InChI=1S/C20H18ClN3O3/c1-27-18-9-7-15(21)13-16(18)20(26)22-11-12-24-19(25)10-8-17(23-24)14-5-3-2-4-6-14/h2-10,13H,11-12H2,1H3,(H,22,26). The second kappa shape index (κ2) is 8.51. The maximum Gasteiger partial charge on any atom is 0.266 e. The molecule has 1 heterocycles. The van der Waals surface area contributed by atoms with Crippen molar-refractivity contribution < 1.29 is 9.53 Å². The van der Waals surface area contributed by atoms with Crippen LogP contribution in [0.2, 0.25) is 5.02 Å². The van der Waals surface area contributed by atoms with Gasteiger partial charge in [0.05, 0.1) is 24.9 Å². The van der Waals surface area contributed by atoms with Gasteiger partial charge < -0.3 is 10.1 Å². The number of aromatic nitrogens is 2. The number of hydrogen-bond acceptors (Lipinski definition) is 4. The van der Waals surface area contributed by atoms with Crippen LogP contribution in [0, 0.1) is 0 Å². The Morgan fingerprint density at radius 2 is 1.93 bits per heavy atom. The first-order chi connectivity index (χ1) is 13.1. The van der Waals surface area contributed by atoms with Gasteiger partial charge in [0.1, 0.15) is 5.75 Å². The number of carbonyl (C=O) groups excluding carboxylic acids is 1. The molecule has 7 heteroatoms. The van der Waals surface area contributed by atoms with Crippen LogP contribution in [0.1, 0.15) is 10.4 Å². The zero-order chi connectivity index (χ0) is 19.2. The molecule has 0 radical (unpaired) electrons. The third kappa shape index (κ3) is 4.54. The topological polar surface area (TPSA) is 73.2 Å². The molecule has 0 atom stereocenters. The number of rotatable bonds is 6. The van der Waals surface area contributed by atoms with Gasteiger partial charge in [-0.1, -0.05) is 41.9 Å². The van der Waals surface area contributed by atoms with Crippen LogP contribution in [0.15, 0.2) is 65.5 Å². The van der Waals surface area contributed by atoms with Crippen LogP contribution in [0.4, 0.5) is 0 Å². The highest BCUT2D eigenvalue weighted by molar-refractivity contribution is 6.31. The van der Waals surface area contributed by atoms with Gasteiger partial charge in [0.15, 0.2) is 0 Å². The first-order valence-electron chi connectivity index (χ1n) is 8.34. The lowest BCUT2D eigenvalue weighted by molar-refractivity contribution is 0.0948. The number of ether oxygens (including phenoxy) is 1. The van der Waals surface area contributed by atoms with Gasteiger partial charge in [0.25, 0.3) is 11.5 Å². The molecule has 0 bridgehead atoms. The van der Waals surface area contributed by atoms with Crippen LogP contribution in [0.3, 0.4) is 0 Å². The number of amides is 1. The minimum Gasteiger partial charge on any atom is -0.496 e. The lowest BCUT2D eigenvalue weighted by Gasteiger charge is -2.11. The van der Waals surface area contributed by atoms with Crippen molar-refractivity contribution in [2.75, 3.05) is 13.7 Å². The summed E-state index contributed by atoms with van der Waals surface area (Å²) in [5, 5.41) is 7.56. The van der Waals surface area contributed by atoms with E-state index in [-0.39, 0.29) is 24.6 Å². The minimum atomic E-state index is -0.332. The fourth-order valence-corrected chi connectivity index (χ4v) is 2.77. The molecule has 0 aliphatic carbocycles. The zero-order valence-electron chi connectivity index (χ0n) is 14.7. The summed E-state index contributed by atoms with van der Waals surface area (Å²) in [6.07, 6.45) is 0. The largest absolute Gasteiger partial charge is 0.496 e. The van der Waals surface area contributed by atoms with Crippen LogP contribution in [0.5, 0.6) is 5.75 Å². The monoisotopic (exact) mass is 383 g/mol. The lowest BCUT2D eigenvalue weighted by Crippen LogP contribution is -2.32. The summed E-state index contributed by atoms with van der Waals surface area (Å²) in [7, 11) is 1.48. The molecule has 3 aromatic rings. The number of benzene rings is 2. The average Bonchev–Trinajstić information content (AvgIpc) is 2.70. The van der Waals surface area contributed by atoms with Crippen molar-refractivity contribution in [3.8, 4) is 17.0 Å². The predicted octanol–water partition coefficient (Wildman–Crippen LogP) is 3.00. The molecular formula is C20H18ClN3O3. The summed E-state index contributed by atoms with van der Waals surface area (Å²) in [4.78, 5) is 24.4. The van der Waals surface area contributed by atoms with Crippen LogP contribution in [-0.2, 0) is 6.54 Å². The van der Waals surface area contributed by atoms with Gasteiger partial charge in [-0.25, -0.2) is 4.68 Å². The minimum absolute atomic E-state index is 0.232. The van der Waals surface area contributed by atoms with E-state index in [2.05, 4.69) is 10.4 Å². The van der Waals surface area contributed by atoms with Gasteiger partial charge in [0, 0.05) is 23.2 Å². The smallest absolute Gasteiger partial charge is 0.266 e. The van der Waals surface area contributed by atoms with E-state index in [0.717, 1.165) is 5.56 Å². The Morgan fingerprint density at radius 3 is 2.67 bits per heavy atom. The van der Waals surface area contributed by atoms with Crippen molar-refractivity contribution in [2.45, 2.75) is 6.54 Å². The Bertz CT molecular complexity index is 1000. The van der Waals surface area contributed by atoms with Gasteiger partial charge in [-0.2, -0.15) is 5.10 Å². The van der Waals surface area contributed by atoms with Crippen LogP contribution < -0.4 is 15.6 Å². The Balaban J connectivity index is 1.70. The fourth-order valence-electron chi connectivity index (χ4n) is 2.60. The third-order valence-corrected chi connectivity index (χ3v) is 4.19. The number of hydrogen-bond donors (Lipinski definition) is 1. The van der Waals surface area contributed by atoms with E-state index in [1.54, 1.807) is 18.2 Å². The molecule has 0 aliphatic rings. The summed E-state index contributed by atoms with van der Waals surface area (Å²) in [6.45, 7) is 0.480. The van der Waals surface area contributed by atoms with E-state index >= 15 is 0 Å². The molecule has 3 rings (SSSR count). The van der Waals surface area contributed by atoms with E-state index in [1.807, 2.05) is 30.3 Å². The Labute approximate surface area is 161 Å². The van der Waals surface area contributed by atoms with Crippen molar-refractivity contribution in [3.63, 3.8) is 0 Å². The van der Waals surface area contributed by atoms with Crippen molar-refractivity contribution in [1.82, 2.24) is 15.1 Å². The highest BCUT2D eigenvalue weighted by atomic mass is 35.5. The van der Waals surface area contributed by atoms with Crippen LogP contribution >= 0.6 is 11.6 Å². The zero-order valence-corrected chi connectivity index (χ0v) is 15.4. The highest BCUT2D eigenvalue weighted by Gasteiger charge is 2.12. The molecule has 0 saturated heterocycles. The predicted molar refractivity (Wildman–Crippen MR) is 104 cm³/mol. The number of halogens is 1. The molecule has 0 unspecified atom stereocenters. The maximum atomic E-state index is 12.4. The van der Waals surface area contributed by atoms with E-state index in [9.17, 15) is 9.59 Å². The van der Waals surface area contributed by atoms with Crippen molar-refractivity contribution in [2.24, 2.45) is 0 Å². The van der Waals surface area contributed by atoms with Crippen molar-refractivity contribution in [3.05, 3.63) is 81.6 Å². The first-order valence-corrected chi connectivity index (χ1v) is 8.71. The molecule has 0 saturated carbocycles. The summed E-state index contributed by atoms with van der Waals surface area (Å²) >= 11 is 5.95. The molecule has 2 aromatic carbocycles. The van der Waals surface area contributed by atoms with Crippen molar-refractivity contribution >= 4 is 17.5 Å². The second-order valence-corrected chi connectivity index (χ2v) is 6.18. The molecule has 0 spiro atoms. The number of carbonyl (C=O) groups is 1. The van der Waals surface area contributed by atoms with Crippen LogP contribution in [-0.4, -0.2) is 29.3 Å². The molecule has 1 amide bonds. The molecular weight excluding hydrogens is 366 g/mol. The summed E-state index contributed by atoms with van der Waals surface area (Å²) in [5.74, 6) is 0.0971. The number of nitrogens with one attached hydrogen (secondary N) is 1. The highest BCUT2D eigenvalue weighted by Crippen LogP contribution is 2.22. The SMILES string of the molecule is COc1ccc(Cl)cc1C(=O)NCCn1nc(-c2ccccc2)ccc1=O. The van der Waals surface area contributed by atoms with E-state index in [0.29, 0.717) is 22.0 Å². The Hall–Kier alpha value is -3.12. The van der Waals surface area contributed by atoms with Gasteiger partial charge in [-0.3, -0.25) is 9.59 Å². The third-order valence-electron chi connectivity index (χ3n) is 3.95. The van der Waals surface area contributed by atoms with Gasteiger partial charge in [-0.05, 0) is 24.3 Å².